The Morgan fingerprint density at radius 1 is 1.42 bits per heavy atom. The Hall–Kier alpha value is -1.42. The molecule has 0 spiro atoms. The van der Waals surface area contributed by atoms with E-state index in [1.807, 2.05) is 39.1 Å². The lowest BCUT2D eigenvalue weighted by molar-refractivity contribution is 1.06. The Labute approximate surface area is 74.9 Å². The van der Waals surface area contributed by atoms with Crippen LogP contribution in [-0.4, -0.2) is 0 Å². The lowest BCUT2D eigenvalue weighted by atomic mass is 10.2. The van der Waals surface area contributed by atoms with E-state index in [9.17, 15) is 0 Å². The SMILES string of the molecule is C#C/C=C\C(N/C=C\C)=C(C)C. The lowest BCUT2D eigenvalue weighted by Crippen LogP contribution is -2.03. The molecular formula is C11H15N. The average Bonchev–Trinajstić information content (AvgIpc) is 2.04. The number of allylic oxidation sites excluding steroid dienone is 4. The molecule has 0 aromatic heterocycles. The van der Waals surface area contributed by atoms with Gasteiger partial charge in [0, 0.05) is 5.70 Å². The second-order valence-corrected chi connectivity index (χ2v) is 2.56. The minimum absolute atomic E-state index is 1.05. The van der Waals surface area contributed by atoms with E-state index >= 15 is 0 Å². The first-order valence-corrected chi connectivity index (χ1v) is 3.90. The Morgan fingerprint density at radius 2 is 2.08 bits per heavy atom. The van der Waals surface area contributed by atoms with Crippen LogP contribution in [0.5, 0.6) is 0 Å². The molecule has 64 valence electrons. The molecule has 12 heavy (non-hydrogen) atoms. The summed E-state index contributed by atoms with van der Waals surface area (Å²) in [5.74, 6) is 2.45. The van der Waals surface area contributed by atoms with Gasteiger partial charge in [0.05, 0.1) is 0 Å². The number of nitrogens with one attached hydrogen (secondary N) is 1. The predicted molar refractivity (Wildman–Crippen MR) is 54.3 cm³/mol. The van der Waals surface area contributed by atoms with Crippen LogP contribution >= 0.6 is 0 Å². The van der Waals surface area contributed by atoms with Gasteiger partial charge in [0.15, 0.2) is 0 Å². The first-order chi connectivity index (χ1) is 5.72. The molecule has 0 fully saturated rings. The van der Waals surface area contributed by atoms with Crippen molar-refractivity contribution in [3.05, 3.63) is 35.7 Å². The molecule has 0 aliphatic heterocycles. The zero-order chi connectivity index (χ0) is 9.40. The van der Waals surface area contributed by atoms with E-state index < -0.39 is 0 Å². The molecule has 1 heteroatoms. The maximum absolute atomic E-state index is 5.10. The molecule has 0 aliphatic rings. The molecule has 0 aromatic rings. The summed E-state index contributed by atoms with van der Waals surface area (Å²) in [7, 11) is 0. The molecular weight excluding hydrogens is 146 g/mol. The van der Waals surface area contributed by atoms with E-state index in [1.54, 1.807) is 6.08 Å². The first-order valence-electron chi connectivity index (χ1n) is 3.90. The highest BCUT2D eigenvalue weighted by Gasteiger charge is 1.88. The van der Waals surface area contributed by atoms with Gasteiger partial charge in [0.2, 0.25) is 0 Å². The zero-order valence-electron chi connectivity index (χ0n) is 7.89. The van der Waals surface area contributed by atoms with Crippen molar-refractivity contribution in [3.8, 4) is 12.3 Å². The Morgan fingerprint density at radius 3 is 2.50 bits per heavy atom. The van der Waals surface area contributed by atoms with Crippen molar-refractivity contribution in [1.82, 2.24) is 5.32 Å². The number of rotatable bonds is 3. The van der Waals surface area contributed by atoms with Crippen LogP contribution in [0.15, 0.2) is 35.7 Å². The lowest BCUT2D eigenvalue weighted by Gasteiger charge is -2.02. The van der Waals surface area contributed by atoms with Crippen molar-refractivity contribution in [2.45, 2.75) is 20.8 Å². The minimum Gasteiger partial charge on any atom is -0.362 e. The van der Waals surface area contributed by atoms with Gasteiger partial charge in [0.1, 0.15) is 0 Å². The van der Waals surface area contributed by atoms with Gasteiger partial charge in [-0.25, -0.2) is 0 Å². The van der Waals surface area contributed by atoms with Gasteiger partial charge in [-0.3, -0.25) is 0 Å². The molecule has 0 heterocycles. The molecule has 0 saturated heterocycles. The van der Waals surface area contributed by atoms with Gasteiger partial charge in [-0.15, -0.1) is 6.42 Å². The number of terminal acetylenes is 1. The van der Waals surface area contributed by atoms with Gasteiger partial charge in [-0.1, -0.05) is 17.6 Å². The standard InChI is InChI=1S/C11H15N/c1-5-7-8-11(10(3)4)12-9-6-2/h1,6-9,12H,2-4H3/b8-7-,9-6-. The smallest absolute Gasteiger partial charge is 0.0372 e. The van der Waals surface area contributed by atoms with Crippen molar-refractivity contribution >= 4 is 0 Å². The van der Waals surface area contributed by atoms with Gasteiger partial charge >= 0.3 is 0 Å². The highest BCUT2D eigenvalue weighted by molar-refractivity contribution is 5.27. The Bertz CT molecular complexity index is 245. The topological polar surface area (TPSA) is 12.0 Å². The summed E-state index contributed by atoms with van der Waals surface area (Å²) in [4.78, 5) is 0. The summed E-state index contributed by atoms with van der Waals surface area (Å²) >= 11 is 0. The summed E-state index contributed by atoms with van der Waals surface area (Å²) in [6, 6.07) is 0. The number of hydrogen-bond donors (Lipinski definition) is 1. The van der Waals surface area contributed by atoms with E-state index in [0.29, 0.717) is 0 Å². The van der Waals surface area contributed by atoms with Crippen molar-refractivity contribution in [2.75, 3.05) is 0 Å². The van der Waals surface area contributed by atoms with E-state index in [2.05, 4.69) is 11.2 Å². The molecule has 0 saturated carbocycles. The molecule has 0 aromatic carbocycles. The summed E-state index contributed by atoms with van der Waals surface area (Å²) in [5, 5.41) is 3.12. The third-order valence-electron chi connectivity index (χ3n) is 1.29. The Kier molecular flexibility index (Phi) is 5.55. The zero-order valence-corrected chi connectivity index (χ0v) is 7.89. The third-order valence-corrected chi connectivity index (χ3v) is 1.29. The molecule has 0 unspecified atom stereocenters. The van der Waals surface area contributed by atoms with Crippen molar-refractivity contribution in [1.29, 1.82) is 0 Å². The first kappa shape index (κ1) is 10.6. The predicted octanol–water partition coefficient (Wildman–Crippen LogP) is 2.59. The maximum Gasteiger partial charge on any atom is 0.0372 e. The van der Waals surface area contributed by atoms with E-state index in [0.717, 1.165) is 5.70 Å². The van der Waals surface area contributed by atoms with E-state index in [-0.39, 0.29) is 0 Å². The summed E-state index contributed by atoms with van der Waals surface area (Å²) < 4.78 is 0. The van der Waals surface area contributed by atoms with Crippen LogP contribution in [0.25, 0.3) is 0 Å². The largest absolute Gasteiger partial charge is 0.362 e. The van der Waals surface area contributed by atoms with Crippen LogP contribution in [0.1, 0.15) is 20.8 Å². The molecule has 0 atom stereocenters. The van der Waals surface area contributed by atoms with Crippen molar-refractivity contribution in [3.63, 3.8) is 0 Å². The molecule has 0 radical (unpaired) electrons. The minimum atomic E-state index is 1.05. The fraction of sp³-hybridized carbons (Fsp3) is 0.273. The second-order valence-electron chi connectivity index (χ2n) is 2.56. The van der Waals surface area contributed by atoms with Gasteiger partial charge in [0.25, 0.3) is 0 Å². The van der Waals surface area contributed by atoms with Crippen molar-refractivity contribution < 1.29 is 0 Å². The van der Waals surface area contributed by atoms with Crippen LogP contribution < -0.4 is 5.32 Å². The summed E-state index contributed by atoms with van der Waals surface area (Å²) in [5.41, 5.74) is 2.26. The number of hydrogen-bond acceptors (Lipinski definition) is 1. The molecule has 1 N–H and O–H groups in total. The van der Waals surface area contributed by atoms with Crippen LogP contribution in [0.3, 0.4) is 0 Å². The van der Waals surface area contributed by atoms with E-state index in [1.165, 1.54) is 5.57 Å². The third kappa shape index (κ3) is 4.40. The summed E-state index contributed by atoms with van der Waals surface area (Å²) in [6.07, 6.45) is 12.5. The molecule has 0 aliphatic carbocycles. The molecule has 1 nitrogen and oxygen atoms in total. The van der Waals surface area contributed by atoms with E-state index in [4.69, 9.17) is 6.42 Å². The molecule has 0 rings (SSSR count). The fourth-order valence-corrected chi connectivity index (χ4v) is 0.664. The van der Waals surface area contributed by atoms with Crippen molar-refractivity contribution in [2.24, 2.45) is 0 Å². The van der Waals surface area contributed by atoms with Crippen LogP contribution in [-0.2, 0) is 0 Å². The molecule has 0 bridgehead atoms. The normalized spacial score (nSPS) is 10.2. The average molecular weight is 161 g/mol. The fourth-order valence-electron chi connectivity index (χ4n) is 0.664. The highest BCUT2D eigenvalue weighted by atomic mass is 14.8. The summed E-state index contributed by atoms with van der Waals surface area (Å²) in [6.45, 7) is 6.03. The highest BCUT2D eigenvalue weighted by Crippen LogP contribution is 2.00. The molecule has 0 amide bonds. The second kappa shape index (κ2) is 6.30. The van der Waals surface area contributed by atoms with Crippen LogP contribution in [0.2, 0.25) is 0 Å². The van der Waals surface area contributed by atoms with Gasteiger partial charge in [-0.05, 0) is 39.1 Å². The van der Waals surface area contributed by atoms with Gasteiger partial charge < -0.3 is 5.32 Å². The Balaban J connectivity index is 4.39. The van der Waals surface area contributed by atoms with Crippen LogP contribution in [0.4, 0.5) is 0 Å². The van der Waals surface area contributed by atoms with Crippen LogP contribution in [0, 0.1) is 12.3 Å². The quantitative estimate of drug-likeness (QED) is 0.495. The maximum atomic E-state index is 5.10. The monoisotopic (exact) mass is 161 g/mol. The van der Waals surface area contributed by atoms with Gasteiger partial charge in [-0.2, -0.15) is 0 Å².